The Bertz CT molecular complexity index is 317. The molecule has 3 nitrogen and oxygen atoms in total. The highest BCUT2D eigenvalue weighted by Gasteiger charge is 2.30. The van der Waals surface area contributed by atoms with Gasteiger partial charge in [-0.3, -0.25) is 0 Å². The van der Waals surface area contributed by atoms with Gasteiger partial charge in [-0.2, -0.15) is 0 Å². The van der Waals surface area contributed by atoms with Gasteiger partial charge in [0.05, 0.1) is 17.6 Å². The predicted molar refractivity (Wildman–Crippen MR) is 64.0 cm³/mol. The van der Waals surface area contributed by atoms with E-state index in [1.54, 1.807) is 0 Å². The average Bonchev–Trinajstić information content (AvgIpc) is 2.76. The Balaban J connectivity index is 1.73. The van der Waals surface area contributed by atoms with Crippen LogP contribution in [0, 0.1) is 11.8 Å². The van der Waals surface area contributed by atoms with Crippen LogP contribution in [0.1, 0.15) is 44.9 Å². The molecule has 1 aliphatic heterocycles. The Morgan fingerprint density at radius 2 is 1.69 bits per heavy atom. The van der Waals surface area contributed by atoms with Gasteiger partial charge in [0.15, 0.2) is 9.84 Å². The largest absolute Gasteiger partial charge is 0.393 e. The molecule has 1 saturated carbocycles. The fourth-order valence-electron chi connectivity index (χ4n) is 3.17. The van der Waals surface area contributed by atoms with Gasteiger partial charge >= 0.3 is 0 Å². The van der Waals surface area contributed by atoms with Gasteiger partial charge in [-0.15, -0.1) is 0 Å². The molecular weight excluding hydrogens is 224 g/mol. The van der Waals surface area contributed by atoms with Crippen LogP contribution in [0.2, 0.25) is 0 Å². The molecule has 16 heavy (non-hydrogen) atoms. The van der Waals surface area contributed by atoms with Gasteiger partial charge < -0.3 is 5.11 Å². The Kier molecular flexibility index (Phi) is 3.90. The van der Waals surface area contributed by atoms with Gasteiger partial charge in [-0.25, -0.2) is 8.42 Å². The first-order valence-corrected chi connectivity index (χ1v) is 8.26. The molecule has 1 heterocycles. The Labute approximate surface area is 98.2 Å². The van der Waals surface area contributed by atoms with Crippen LogP contribution in [0.5, 0.6) is 0 Å². The van der Waals surface area contributed by atoms with Crippen molar-refractivity contribution >= 4 is 9.84 Å². The standard InChI is InChI=1S/C12H22O3S/c13-12(7-10-3-1-2-4-10)8-11-5-6-16(14,15)9-11/h10-13H,1-9H2. The number of aliphatic hydroxyl groups excluding tert-OH is 1. The molecule has 0 amide bonds. The molecule has 1 N–H and O–H groups in total. The summed E-state index contributed by atoms with van der Waals surface area (Å²) in [6.45, 7) is 0. The minimum atomic E-state index is -2.78. The predicted octanol–water partition coefficient (Wildman–Crippen LogP) is 1.75. The second kappa shape index (κ2) is 5.05. The van der Waals surface area contributed by atoms with Crippen molar-refractivity contribution < 1.29 is 13.5 Å². The smallest absolute Gasteiger partial charge is 0.150 e. The van der Waals surface area contributed by atoms with Crippen LogP contribution < -0.4 is 0 Å². The van der Waals surface area contributed by atoms with Crippen molar-refractivity contribution in [2.24, 2.45) is 11.8 Å². The van der Waals surface area contributed by atoms with E-state index in [-0.39, 0.29) is 12.0 Å². The van der Waals surface area contributed by atoms with Gasteiger partial charge in [0, 0.05) is 0 Å². The molecule has 1 saturated heterocycles. The third-order valence-corrected chi connectivity index (χ3v) is 5.85. The fourth-order valence-corrected chi connectivity index (χ4v) is 5.05. The zero-order chi connectivity index (χ0) is 11.6. The fraction of sp³-hybridized carbons (Fsp3) is 1.00. The van der Waals surface area contributed by atoms with E-state index < -0.39 is 9.84 Å². The summed E-state index contributed by atoms with van der Waals surface area (Å²) in [7, 11) is -2.78. The van der Waals surface area contributed by atoms with Crippen molar-refractivity contribution in [2.75, 3.05) is 11.5 Å². The molecule has 4 heteroatoms. The third-order valence-electron chi connectivity index (χ3n) is 4.01. The minimum absolute atomic E-state index is 0.210. The molecule has 94 valence electrons. The summed E-state index contributed by atoms with van der Waals surface area (Å²) in [6, 6.07) is 0. The van der Waals surface area contributed by atoms with E-state index in [9.17, 15) is 13.5 Å². The lowest BCUT2D eigenvalue weighted by molar-refractivity contribution is 0.118. The molecule has 0 aromatic heterocycles. The Morgan fingerprint density at radius 3 is 2.25 bits per heavy atom. The van der Waals surface area contributed by atoms with Crippen LogP contribution in [0.4, 0.5) is 0 Å². The first kappa shape index (κ1) is 12.4. The molecule has 0 radical (unpaired) electrons. The molecule has 2 fully saturated rings. The maximum Gasteiger partial charge on any atom is 0.150 e. The third kappa shape index (κ3) is 3.45. The van der Waals surface area contributed by atoms with E-state index in [0.717, 1.165) is 12.8 Å². The van der Waals surface area contributed by atoms with Gasteiger partial charge in [-0.05, 0) is 31.1 Å². The topological polar surface area (TPSA) is 54.4 Å². The monoisotopic (exact) mass is 246 g/mol. The van der Waals surface area contributed by atoms with Gasteiger partial charge in [0.2, 0.25) is 0 Å². The first-order chi connectivity index (χ1) is 7.55. The zero-order valence-electron chi connectivity index (χ0n) is 9.77. The second-order valence-electron chi connectivity index (χ2n) is 5.54. The van der Waals surface area contributed by atoms with Crippen LogP contribution >= 0.6 is 0 Å². The van der Waals surface area contributed by atoms with Crippen LogP contribution in [-0.2, 0) is 9.84 Å². The normalized spacial score (nSPS) is 31.9. The van der Waals surface area contributed by atoms with Crippen molar-refractivity contribution in [2.45, 2.75) is 51.0 Å². The van der Waals surface area contributed by atoms with Crippen LogP contribution in [0.3, 0.4) is 0 Å². The minimum Gasteiger partial charge on any atom is -0.393 e. The quantitative estimate of drug-likeness (QED) is 0.822. The summed E-state index contributed by atoms with van der Waals surface area (Å²) in [6.07, 6.45) is 7.15. The Hall–Kier alpha value is -0.0900. The highest BCUT2D eigenvalue weighted by molar-refractivity contribution is 7.91. The van der Waals surface area contributed by atoms with E-state index >= 15 is 0 Å². The molecule has 0 aromatic rings. The van der Waals surface area contributed by atoms with Gasteiger partial charge in [0.1, 0.15) is 0 Å². The summed E-state index contributed by atoms with van der Waals surface area (Å²) in [5, 5.41) is 9.95. The summed E-state index contributed by atoms with van der Waals surface area (Å²) in [5.74, 6) is 1.53. The molecule has 1 aliphatic carbocycles. The highest BCUT2D eigenvalue weighted by Crippen LogP contribution is 2.31. The van der Waals surface area contributed by atoms with Crippen molar-refractivity contribution in [3.05, 3.63) is 0 Å². The number of hydrogen-bond acceptors (Lipinski definition) is 3. The van der Waals surface area contributed by atoms with Gasteiger partial charge in [-0.1, -0.05) is 25.7 Å². The van der Waals surface area contributed by atoms with E-state index in [1.165, 1.54) is 25.7 Å². The average molecular weight is 246 g/mol. The van der Waals surface area contributed by atoms with Crippen LogP contribution in [-0.4, -0.2) is 31.1 Å². The SMILES string of the molecule is O=S1(=O)CCC(CC(O)CC2CCCC2)C1. The Morgan fingerprint density at radius 1 is 1.06 bits per heavy atom. The number of sulfone groups is 1. The first-order valence-electron chi connectivity index (χ1n) is 6.43. The molecule has 2 atom stereocenters. The summed E-state index contributed by atoms with van der Waals surface area (Å²) < 4.78 is 22.6. The van der Waals surface area contributed by atoms with Crippen molar-refractivity contribution in [3.63, 3.8) is 0 Å². The van der Waals surface area contributed by atoms with E-state index in [1.807, 2.05) is 0 Å². The molecular formula is C12H22O3S. The summed E-state index contributed by atoms with van der Waals surface area (Å²) in [5.41, 5.74) is 0. The van der Waals surface area contributed by atoms with Gasteiger partial charge in [0.25, 0.3) is 0 Å². The van der Waals surface area contributed by atoms with E-state index in [4.69, 9.17) is 0 Å². The van der Waals surface area contributed by atoms with Crippen molar-refractivity contribution in [1.82, 2.24) is 0 Å². The molecule has 0 spiro atoms. The lowest BCUT2D eigenvalue weighted by Gasteiger charge is -2.17. The molecule has 2 rings (SSSR count). The second-order valence-corrected chi connectivity index (χ2v) is 7.77. The molecule has 2 unspecified atom stereocenters. The molecule has 0 bridgehead atoms. The van der Waals surface area contributed by atoms with Crippen molar-refractivity contribution in [1.29, 1.82) is 0 Å². The lowest BCUT2D eigenvalue weighted by atomic mass is 9.93. The number of rotatable bonds is 4. The summed E-state index contributed by atoms with van der Waals surface area (Å²) >= 11 is 0. The maximum absolute atomic E-state index is 11.3. The number of aliphatic hydroxyl groups is 1. The van der Waals surface area contributed by atoms with E-state index in [0.29, 0.717) is 23.8 Å². The number of hydrogen-bond donors (Lipinski definition) is 1. The van der Waals surface area contributed by atoms with E-state index in [2.05, 4.69) is 0 Å². The molecule has 2 aliphatic rings. The highest BCUT2D eigenvalue weighted by atomic mass is 32.2. The molecule has 0 aromatic carbocycles. The van der Waals surface area contributed by atoms with Crippen LogP contribution in [0.15, 0.2) is 0 Å². The van der Waals surface area contributed by atoms with Crippen LogP contribution in [0.25, 0.3) is 0 Å². The maximum atomic E-state index is 11.3. The zero-order valence-corrected chi connectivity index (χ0v) is 10.6. The van der Waals surface area contributed by atoms with Crippen molar-refractivity contribution in [3.8, 4) is 0 Å². The summed E-state index contributed by atoms with van der Waals surface area (Å²) in [4.78, 5) is 0. The lowest BCUT2D eigenvalue weighted by Crippen LogP contribution is -2.17.